The number of ether oxygens (including phenoxy) is 1. The minimum absolute atomic E-state index is 0.0181. The van der Waals surface area contributed by atoms with Gasteiger partial charge in [-0.2, -0.15) is 19.4 Å². The molecule has 0 radical (unpaired) electrons. The van der Waals surface area contributed by atoms with Crippen molar-refractivity contribution in [2.24, 2.45) is 5.73 Å². The molecule has 0 aromatic carbocycles. The van der Waals surface area contributed by atoms with Crippen LogP contribution in [0.25, 0.3) is 5.65 Å². The van der Waals surface area contributed by atoms with Gasteiger partial charge in [-0.1, -0.05) is 0 Å². The van der Waals surface area contributed by atoms with Gasteiger partial charge in [0.05, 0.1) is 17.6 Å². The predicted molar refractivity (Wildman–Crippen MR) is 100.0 cm³/mol. The maximum Gasteiger partial charge on any atom is 0.523 e. The first kappa shape index (κ1) is 19.0. The van der Waals surface area contributed by atoms with Crippen LogP contribution in [0.3, 0.4) is 0 Å². The van der Waals surface area contributed by atoms with Crippen molar-refractivity contribution >= 4 is 35.1 Å². The van der Waals surface area contributed by atoms with Crippen molar-refractivity contribution in [3.8, 4) is 0 Å². The lowest BCUT2D eigenvalue weighted by Gasteiger charge is -2.31. The van der Waals surface area contributed by atoms with Gasteiger partial charge in [0.1, 0.15) is 17.9 Å². The van der Waals surface area contributed by atoms with Gasteiger partial charge >= 0.3 is 6.09 Å². The fraction of sp³-hybridized carbons (Fsp3) is 0.235. The second kappa shape index (κ2) is 6.94. The van der Waals surface area contributed by atoms with E-state index in [0.717, 1.165) is 12.3 Å². The number of amides is 2. The minimum atomic E-state index is -0.893. The molecule has 0 spiro atoms. The Morgan fingerprint density at radius 3 is 3.00 bits per heavy atom. The Labute approximate surface area is 167 Å². The van der Waals surface area contributed by atoms with Crippen LogP contribution in [0.15, 0.2) is 35.5 Å². The highest BCUT2D eigenvalue weighted by molar-refractivity contribution is 6.18. The van der Waals surface area contributed by atoms with E-state index in [1.54, 1.807) is 0 Å². The Morgan fingerprint density at radius 2 is 2.28 bits per heavy atom. The lowest BCUT2D eigenvalue weighted by molar-refractivity contribution is 0.100. The average Bonchev–Trinajstić information content (AvgIpc) is 3.26. The van der Waals surface area contributed by atoms with Gasteiger partial charge in [-0.15, -0.1) is 11.6 Å². The first-order valence-corrected chi connectivity index (χ1v) is 9.06. The third kappa shape index (κ3) is 2.86. The number of nitrogens with zero attached hydrogens (tertiary/aromatic N) is 4. The van der Waals surface area contributed by atoms with Crippen molar-refractivity contribution in [2.45, 2.75) is 6.04 Å². The molecular weight excluding hydrogens is 407 g/mol. The second-order valence-electron chi connectivity index (χ2n) is 6.45. The monoisotopic (exact) mass is 421 g/mol. The number of H-pyrrole nitrogens is 1. The molecule has 29 heavy (non-hydrogen) atoms. The summed E-state index contributed by atoms with van der Waals surface area (Å²) in [6.45, 7) is -0.152. The molecule has 12 heteroatoms. The van der Waals surface area contributed by atoms with Crippen LogP contribution in [0, 0.1) is 5.82 Å². The van der Waals surface area contributed by atoms with E-state index < -0.39 is 33.9 Å². The first-order valence-electron chi connectivity index (χ1n) is 8.52. The number of carbonyl (C=O) groups excluding carboxylic acids is 2. The van der Waals surface area contributed by atoms with Crippen molar-refractivity contribution in [3.05, 3.63) is 58.0 Å². The van der Waals surface area contributed by atoms with Crippen molar-refractivity contribution in [1.29, 1.82) is 0 Å². The number of quaternary nitrogens is 1. The van der Waals surface area contributed by atoms with E-state index in [9.17, 15) is 18.8 Å². The number of nitrogens with two attached hydrogens (primary N) is 1. The van der Waals surface area contributed by atoms with Gasteiger partial charge in [0.25, 0.3) is 11.5 Å². The number of hydrogen-bond acceptors (Lipinski definition) is 6. The van der Waals surface area contributed by atoms with Crippen LogP contribution < -0.4 is 15.8 Å². The maximum atomic E-state index is 13.8. The fourth-order valence-corrected chi connectivity index (χ4v) is 3.84. The third-order valence-electron chi connectivity index (χ3n) is 4.94. The Balaban J connectivity index is 1.96. The summed E-state index contributed by atoms with van der Waals surface area (Å²) in [5, 5.41) is 4.00. The highest BCUT2D eigenvalue weighted by Crippen LogP contribution is 2.39. The Hall–Kier alpha value is -3.31. The zero-order valence-electron chi connectivity index (χ0n) is 14.8. The van der Waals surface area contributed by atoms with Gasteiger partial charge in [0.15, 0.2) is 18.3 Å². The predicted octanol–water partition coefficient (Wildman–Crippen LogP) is 1.09. The summed E-state index contributed by atoms with van der Waals surface area (Å²) in [4.78, 5) is 43.7. The van der Waals surface area contributed by atoms with Crippen LogP contribution >= 0.6 is 11.6 Å². The Kier molecular flexibility index (Phi) is 4.55. The van der Waals surface area contributed by atoms with Crippen LogP contribution in [-0.2, 0) is 4.74 Å². The van der Waals surface area contributed by atoms with E-state index in [0.29, 0.717) is 0 Å². The largest absolute Gasteiger partial charge is 0.523 e. The highest BCUT2D eigenvalue weighted by atomic mass is 35.5. The van der Waals surface area contributed by atoms with E-state index >= 15 is 0 Å². The van der Waals surface area contributed by atoms with Crippen molar-refractivity contribution in [3.63, 3.8) is 0 Å². The molecule has 4 rings (SSSR count). The van der Waals surface area contributed by atoms with Gasteiger partial charge in [0, 0.05) is 18.5 Å². The van der Waals surface area contributed by atoms with Crippen LogP contribution in [0.5, 0.6) is 0 Å². The lowest BCUT2D eigenvalue weighted by Crippen LogP contribution is -2.54. The molecule has 4 heterocycles. The van der Waals surface area contributed by atoms with E-state index in [-0.39, 0.29) is 41.6 Å². The number of primary amides is 1. The molecule has 0 saturated carbocycles. The first-order chi connectivity index (χ1) is 13.9. The molecule has 1 aliphatic heterocycles. The van der Waals surface area contributed by atoms with E-state index in [1.807, 2.05) is 0 Å². The summed E-state index contributed by atoms with van der Waals surface area (Å²) in [6.07, 6.45) is 2.99. The fourth-order valence-electron chi connectivity index (χ4n) is 3.57. The van der Waals surface area contributed by atoms with Crippen LogP contribution in [-0.4, -0.2) is 50.6 Å². The molecule has 1 fully saturated rings. The molecule has 0 aliphatic carbocycles. The van der Waals surface area contributed by atoms with Gasteiger partial charge in [-0.05, 0) is 6.07 Å². The Morgan fingerprint density at radius 1 is 1.48 bits per heavy atom. The Bertz CT molecular complexity index is 1190. The number of pyridine rings is 1. The molecule has 10 nitrogen and oxygen atoms in total. The zero-order valence-corrected chi connectivity index (χ0v) is 15.6. The van der Waals surface area contributed by atoms with Gasteiger partial charge < -0.3 is 15.5 Å². The highest BCUT2D eigenvalue weighted by Gasteiger charge is 2.56. The number of aromatic nitrogens is 4. The number of aromatic amines is 1. The number of nitrogens with one attached hydrogen (secondary N) is 1. The van der Waals surface area contributed by atoms with Crippen molar-refractivity contribution in [1.82, 2.24) is 24.1 Å². The molecule has 0 bridgehead atoms. The maximum absolute atomic E-state index is 13.8. The molecule has 2 atom stereocenters. The topological polar surface area (TPSA) is 132 Å². The number of alkyl halides is 1. The smallest absolute Gasteiger partial charge is 0.413 e. The summed E-state index contributed by atoms with van der Waals surface area (Å²) < 4.78 is 19.8. The third-order valence-corrected chi connectivity index (χ3v) is 5.11. The number of fused-ring (bicyclic) bond motifs is 1. The van der Waals surface area contributed by atoms with E-state index in [2.05, 4.69) is 15.1 Å². The normalized spacial score (nSPS) is 21.4. The SMILES string of the molecule is NC(=O)c1cnn2ccc([N+]3(CCCl)C(=O)OCC3c3cc(F)c[nH]c3=O)nc12. The molecule has 2 amide bonds. The molecule has 1 aliphatic rings. The standard InChI is InChI=1S/C17H14ClFN6O4/c18-2-4-25(13-1-3-24-15(23-13)11(7-22-24)14(20)26)12(8-29-17(25)28)10-5-9(19)6-21-16(10)27/h1,3,5-7,12H,2,4,8H2,(H2-,20,21,26,27)/p+1. The summed E-state index contributed by atoms with van der Waals surface area (Å²) >= 11 is 5.99. The summed E-state index contributed by atoms with van der Waals surface area (Å²) in [7, 11) is 0. The van der Waals surface area contributed by atoms with E-state index in [4.69, 9.17) is 22.1 Å². The number of rotatable bonds is 5. The van der Waals surface area contributed by atoms with Crippen LogP contribution in [0.2, 0.25) is 0 Å². The van der Waals surface area contributed by atoms with Crippen LogP contribution in [0.4, 0.5) is 15.0 Å². The minimum Gasteiger partial charge on any atom is -0.413 e. The number of carbonyl (C=O) groups is 2. The molecule has 150 valence electrons. The van der Waals surface area contributed by atoms with Crippen molar-refractivity contribution < 1.29 is 18.7 Å². The molecule has 2 unspecified atom stereocenters. The molecule has 3 aromatic heterocycles. The molecular formula is C17H15ClFN6O4+. The zero-order chi connectivity index (χ0) is 20.8. The quantitative estimate of drug-likeness (QED) is 0.468. The lowest BCUT2D eigenvalue weighted by atomic mass is 10.1. The summed E-state index contributed by atoms with van der Waals surface area (Å²) in [6, 6.07) is 1.67. The molecule has 3 N–H and O–H groups in total. The van der Waals surface area contributed by atoms with Gasteiger partial charge in [-0.25, -0.2) is 8.91 Å². The number of halogens is 2. The van der Waals surface area contributed by atoms with Crippen LogP contribution in [0.1, 0.15) is 22.0 Å². The van der Waals surface area contributed by atoms with Gasteiger partial charge in [0.2, 0.25) is 5.82 Å². The van der Waals surface area contributed by atoms with Gasteiger partial charge in [-0.3, -0.25) is 9.59 Å². The number of hydrogen-bond donors (Lipinski definition) is 2. The molecule has 1 saturated heterocycles. The van der Waals surface area contributed by atoms with Crippen molar-refractivity contribution in [2.75, 3.05) is 19.0 Å². The number of cyclic esters (lactones) is 1. The second-order valence-corrected chi connectivity index (χ2v) is 6.83. The summed E-state index contributed by atoms with van der Waals surface area (Å²) in [5.41, 5.74) is 5.02. The summed E-state index contributed by atoms with van der Waals surface area (Å²) in [5.74, 6) is -1.22. The van der Waals surface area contributed by atoms with E-state index in [1.165, 1.54) is 23.0 Å². The molecule has 3 aromatic rings. The average molecular weight is 422 g/mol.